The Morgan fingerprint density at radius 3 is 3.06 bits per heavy atom. The first-order valence-electron chi connectivity index (χ1n) is 6.05. The van der Waals surface area contributed by atoms with Crippen LogP contribution in [-0.2, 0) is 11.3 Å². The van der Waals surface area contributed by atoms with Crippen molar-refractivity contribution >= 4 is 27.5 Å². The largest absolute Gasteiger partial charge is 0.369 e. The first-order chi connectivity index (χ1) is 8.50. The van der Waals surface area contributed by atoms with Crippen LogP contribution < -0.4 is 0 Å². The maximum Gasteiger partial charge on any atom is 0.0806 e. The Morgan fingerprint density at radius 1 is 1.61 bits per heavy atom. The standard InChI is InChI=1S/C13H18BrClN2O/c1-13(2)9-17(8-11(5-14)18-13)7-10-3-4-16-6-12(10)15/h3-4,6,11H,5,7-9H2,1-2H3. The molecular formula is C13H18BrClN2O. The predicted octanol–water partition coefficient (Wildman–Crippen LogP) is 3.11. The molecule has 100 valence electrons. The number of halogens is 2. The SMILES string of the molecule is CC1(C)CN(Cc2ccncc2Cl)CC(CBr)O1. The molecule has 1 aromatic rings. The number of aromatic nitrogens is 1. The molecule has 0 amide bonds. The summed E-state index contributed by atoms with van der Waals surface area (Å²) in [6.07, 6.45) is 3.72. The zero-order valence-electron chi connectivity index (χ0n) is 10.7. The first kappa shape index (κ1) is 14.3. The van der Waals surface area contributed by atoms with E-state index in [9.17, 15) is 0 Å². The lowest BCUT2D eigenvalue weighted by molar-refractivity contribution is -0.128. The van der Waals surface area contributed by atoms with Gasteiger partial charge in [-0.3, -0.25) is 9.88 Å². The highest BCUT2D eigenvalue weighted by Gasteiger charge is 2.32. The summed E-state index contributed by atoms with van der Waals surface area (Å²) in [6.45, 7) is 6.94. The fraction of sp³-hybridized carbons (Fsp3) is 0.615. The van der Waals surface area contributed by atoms with Gasteiger partial charge in [0, 0.05) is 37.4 Å². The van der Waals surface area contributed by atoms with Crippen molar-refractivity contribution in [2.45, 2.75) is 32.1 Å². The van der Waals surface area contributed by atoms with Crippen molar-refractivity contribution in [2.24, 2.45) is 0 Å². The molecule has 0 N–H and O–H groups in total. The van der Waals surface area contributed by atoms with E-state index in [4.69, 9.17) is 16.3 Å². The zero-order chi connectivity index (χ0) is 13.2. The molecule has 1 atom stereocenters. The van der Waals surface area contributed by atoms with Crippen LogP contribution in [0.2, 0.25) is 5.02 Å². The number of ether oxygens (including phenoxy) is 1. The fourth-order valence-electron chi connectivity index (χ4n) is 2.39. The molecule has 0 aromatic carbocycles. The quantitative estimate of drug-likeness (QED) is 0.795. The molecule has 0 aliphatic carbocycles. The van der Waals surface area contributed by atoms with Crippen LogP contribution in [0.15, 0.2) is 18.5 Å². The lowest BCUT2D eigenvalue weighted by Crippen LogP contribution is -2.52. The third-order valence-electron chi connectivity index (χ3n) is 2.97. The molecule has 5 heteroatoms. The summed E-state index contributed by atoms with van der Waals surface area (Å²) in [5, 5.41) is 1.59. The van der Waals surface area contributed by atoms with Gasteiger partial charge in [0.15, 0.2) is 0 Å². The summed E-state index contributed by atoms with van der Waals surface area (Å²) in [4.78, 5) is 6.40. The van der Waals surface area contributed by atoms with Crippen LogP contribution in [0.4, 0.5) is 0 Å². The van der Waals surface area contributed by atoms with Gasteiger partial charge in [0.2, 0.25) is 0 Å². The minimum absolute atomic E-state index is 0.115. The van der Waals surface area contributed by atoms with E-state index in [0.29, 0.717) is 0 Å². The molecule has 0 bridgehead atoms. The van der Waals surface area contributed by atoms with E-state index in [1.165, 1.54) is 0 Å². The first-order valence-corrected chi connectivity index (χ1v) is 7.54. The average Bonchev–Trinajstić information content (AvgIpc) is 2.30. The smallest absolute Gasteiger partial charge is 0.0806 e. The van der Waals surface area contributed by atoms with E-state index >= 15 is 0 Å². The lowest BCUT2D eigenvalue weighted by atomic mass is 10.0. The summed E-state index contributed by atoms with van der Waals surface area (Å²) in [6, 6.07) is 1.98. The van der Waals surface area contributed by atoms with Gasteiger partial charge in [-0.15, -0.1) is 0 Å². The van der Waals surface area contributed by atoms with Crippen LogP contribution in [-0.4, -0.2) is 40.0 Å². The van der Waals surface area contributed by atoms with Crippen LogP contribution in [0.5, 0.6) is 0 Å². The van der Waals surface area contributed by atoms with Gasteiger partial charge in [0.05, 0.1) is 16.7 Å². The van der Waals surface area contributed by atoms with E-state index in [1.807, 2.05) is 6.07 Å². The van der Waals surface area contributed by atoms with Crippen molar-refractivity contribution in [3.05, 3.63) is 29.0 Å². The second kappa shape index (κ2) is 5.87. The number of hydrogen-bond acceptors (Lipinski definition) is 3. The highest BCUT2D eigenvalue weighted by atomic mass is 79.9. The molecule has 18 heavy (non-hydrogen) atoms. The van der Waals surface area contributed by atoms with E-state index in [1.54, 1.807) is 12.4 Å². The van der Waals surface area contributed by atoms with Gasteiger partial charge in [-0.25, -0.2) is 0 Å². The molecule has 0 saturated carbocycles. The number of hydrogen-bond donors (Lipinski definition) is 0. The summed E-state index contributed by atoms with van der Waals surface area (Å²) < 4.78 is 5.99. The number of nitrogens with zero attached hydrogens (tertiary/aromatic N) is 2. The third-order valence-corrected chi connectivity index (χ3v) is 4.04. The molecule has 1 unspecified atom stereocenters. The van der Waals surface area contributed by atoms with Crippen molar-refractivity contribution in [2.75, 3.05) is 18.4 Å². The number of morpholine rings is 1. The van der Waals surface area contributed by atoms with Crippen molar-refractivity contribution in [1.29, 1.82) is 0 Å². The van der Waals surface area contributed by atoms with Gasteiger partial charge in [-0.2, -0.15) is 0 Å². The summed E-state index contributed by atoms with van der Waals surface area (Å²) in [5.41, 5.74) is 1.01. The molecule has 2 rings (SSSR count). The Kier molecular flexibility index (Phi) is 4.64. The topological polar surface area (TPSA) is 25.4 Å². The monoisotopic (exact) mass is 332 g/mol. The van der Waals surface area contributed by atoms with Crippen LogP contribution in [0.25, 0.3) is 0 Å². The second-order valence-electron chi connectivity index (χ2n) is 5.29. The summed E-state index contributed by atoms with van der Waals surface area (Å²) in [5.74, 6) is 0. The lowest BCUT2D eigenvalue weighted by Gasteiger charge is -2.42. The van der Waals surface area contributed by atoms with Crippen LogP contribution >= 0.6 is 27.5 Å². The van der Waals surface area contributed by atoms with Gasteiger partial charge in [0.25, 0.3) is 0 Å². The molecule has 1 aliphatic heterocycles. The normalized spacial score (nSPS) is 24.1. The highest BCUT2D eigenvalue weighted by Crippen LogP contribution is 2.25. The Labute approximate surface area is 122 Å². The predicted molar refractivity (Wildman–Crippen MR) is 77.3 cm³/mol. The Balaban J connectivity index is 2.07. The average molecular weight is 334 g/mol. The highest BCUT2D eigenvalue weighted by molar-refractivity contribution is 9.09. The fourth-order valence-corrected chi connectivity index (χ4v) is 2.91. The van der Waals surface area contributed by atoms with E-state index in [-0.39, 0.29) is 11.7 Å². The molecular weight excluding hydrogens is 316 g/mol. The van der Waals surface area contributed by atoms with Gasteiger partial charge >= 0.3 is 0 Å². The molecule has 1 saturated heterocycles. The van der Waals surface area contributed by atoms with Gasteiger partial charge in [0.1, 0.15) is 0 Å². The Morgan fingerprint density at radius 2 is 2.39 bits per heavy atom. The molecule has 3 nitrogen and oxygen atoms in total. The second-order valence-corrected chi connectivity index (χ2v) is 6.35. The number of pyridine rings is 1. The minimum Gasteiger partial charge on any atom is -0.369 e. The maximum absolute atomic E-state index is 6.16. The van der Waals surface area contributed by atoms with E-state index < -0.39 is 0 Å². The third kappa shape index (κ3) is 3.67. The van der Waals surface area contributed by atoms with Gasteiger partial charge < -0.3 is 4.74 Å². The molecule has 1 aromatic heterocycles. The van der Waals surface area contributed by atoms with Crippen LogP contribution in [0.3, 0.4) is 0 Å². The molecule has 1 fully saturated rings. The van der Waals surface area contributed by atoms with Crippen molar-refractivity contribution in [3.63, 3.8) is 0 Å². The molecule has 2 heterocycles. The van der Waals surface area contributed by atoms with E-state index in [2.05, 4.69) is 39.7 Å². The van der Waals surface area contributed by atoms with Crippen molar-refractivity contribution in [1.82, 2.24) is 9.88 Å². The number of alkyl halides is 1. The maximum atomic E-state index is 6.16. The Bertz CT molecular complexity index is 414. The van der Waals surface area contributed by atoms with Crippen LogP contribution in [0, 0.1) is 0 Å². The van der Waals surface area contributed by atoms with E-state index in [0.717, 1.165) is 35.6 Å². The van der Waals surface area contributed by atoms with Crippen molar-refractivity contribution < 1.29 is 4.74 Å². The van der Waals surface area contributed by atoms with Crippen LogP contribution in [0.1, 0.15) is 19.4 Å². The van der Waals surface area contributed by atoms with Gasteiger partial charge in [-0.1, -0.05) is 27.5 Å². The summed E-state index contributed by atoms with van der Waals surface area (Å²) >= 11 is 9.66. The molecule has 1 aliphatic rings. The minimum atomic E-state index is -0.115. The molecule has 0 radical (unpaired) electrons. The van der Waals surface area contributed by atoms with Crippen molar-refractivity contribution in [3.8, 4) is 0 Å². The Hall–Kier alpha value is -0.160. The summed E-state index contributed by atoms with van der Waals surface area (Å²) in [7, 11) is 0. The zero-order valence-corrected chi connectivity index (χ0v) is 13.0. The molecule has 0 spiro atoms. The van der Waals surface area contributed by atoms with Gasteiger partial charge in [-0.05, 0) is 25.5 Å². The number of rotatable bonds is 3.